The van der Waals surface area contributed by atoms with Gasteiger partial charge in [0.25, 0.3) is 5.91 Å². The van der Waals surface area contributed by atoms with Crippen LogP contribution in [0.3, 0.4) is 0 Å². The molecule has 0 unspecified atom stereocenters. The number of pyridine rings is 2. The largest absolute Gasteiger partial charge is 0.493 e. The minimum atomic E-state index is 0.0278. The standard InChI is InChI=1S/C29H35N5O2/c35-29(24-9-13-30-26-4-2-1-3-23(24)26)32-22-7-5-21(6-8-22)11-15-33-16-18-34(19-17-33)28-25-12-20-36-27(25)10-14-31-28/h1-4,9-10,13-14,21-22H,5-8,11-12,15-20H2,(H,32,35). The summed E-state index contributed by atoms with van der Waals surface area (Å²) in [7, 11) is 0. The quantitative estimate of drug-likeness (QED) is 0.568. The fourth-order valence-corrected chi connectivity index (χ4v) is 6.07. The molecular formula is C29H35N5O2. The molecule has 2 aliphatic heterocycles. The van der Waals surface area contributed by atoms with Crippen LogP contribution in [0.5, 0.6) is 5.75 Å². The minimum absolute atomic E-state index is 0.0278. The van der Waals surface area contributed by atoms with Crippen LogP contribution in [-0.2, 0) is 6.42 Å². The molecule has 2 aromatic heterocycles. The number of ether oxygens (including phenoxy) is 1. The van der Waals surface area contributed by atoms with Crippen molar-refractivity contribution in [1.82, 2.24) is 20.2 Å². The fourth-order valence-electron chi connectivity index (χ4n) is 6.07. The maximum atomic E-state index is 13.0. The highest BCUT2D eigenvalue weighted by Gasteiger charge is 2.26. The topological polar surface area (TPSA) is 70.6 Å². The first-order valence-electron chi connectivity index (χ1n) is 13.5. The van der Waals surface area contributed by atoms with Gasteiger partial charge in [-0.1, -0.05) is 18.2 Å². The molecule has 4 heterocycles. The summed E-state index contributed by atoms with van der Waals surface area (Å²) in [5.74, 6) is 2.93. The number of benzene rings is 1. The van der Waals surface area contributed by atoms with E-state index >= 15 is 0 Å². The van der Waals surface area contributed by atoms with Crippen molar-refractivity contribution in [2.24, 2.45) is 5.92 Å². The Morgan fingerprint density at radius 2 is 1.78 bits per heavy atom. The predicted octanol–water partition coefficient (Wildman–Crippen LogP) is 4.07. The van der Waals surface area contributed by atoms with E-state index in [1.807, 2.05) is 42.6 Å². The molecule has 36 heavy (non-hydrogen) atoms. The van der Waals surface area contributed by atoms with E-state index in [2.05, 4.69) is 25.1 Å². The molecule has 3 aromatic rings. The van der Waals surface area contributed by atoms with Crippen molar-refractivity contribution in [2.75, 3.05) is 44.2 Å². The van der Waals surface area contributed by atoms with Crippen LogP contribution in [0, 0.1) is 5.92 Å². The minimum Gasteiger partial charge on any atom is -0.493 e. The second kappa shape index (κ2) is 10.4. The van der Waals surface area contributed by atoms with Gasteiger partial charge in [0.15, 0.2) is 0 Å². The lowest BCUT2D eigenvalue weighted by atomic mass is 9.84. The second-order valence-electron chi connectivity index (χ2n) is 10.4. The van der Waals surface area contributed by atoms with E-state index < -0.39 is 0 Å². The maximum absolute atomic E-state index is 13.0. The van der Waals surface area contributed by atoms with E-state index in [0.29, 0.717) is 0 Å². The average molecular weight is 486 g/mol. The molecular weight excluding hydrogens is 450 g/mol. The molecule has 1 amide bonds. The monoisotopic (exact) mass is 485 g/mol. The fraction of sp³-hybridized carbons (Fsp3) is 0.483. The molecule has 0 bridgehead atoms. The van der Waals surface area contributed by atoms with Crippen molar-refractivity contribution < 1.29 is 9.53 Å². The zero-order valence-corrected chi connectivity index (χ0v) is 20.9. The van der Waals surface area contributed by atoms with Gasteiger partial charge in [-0.05, 0) is 62.8 Å². The number of hydrogen-bond donors (Lipinski definition) is 1. The van der Waals surface area contributed by atoms with Crippen molar-refractivity contribution >= 4 is 22.6 Å². The SMILES string of the molecule is O=C(NC1CCC(CCN2CCN(c3nccc4c3CCO4)CC2)CC1)c1ccnc2ccccc12. The lowest BCUT2D eigenvalue weighted by Gasteiger charge is -2.37. The highest BCUT2D eigenvalue weighted by atomic mass is 16.5. The maximum Gasteiger partial charge on any atom is 0.252 e. The number of para-hydroxylation sites is 1. The van der Waals surface area contributed by atoms with E-state index in [-0.39, 0.29) is 11.9 Å². The molecule has 1 aliphatic carbocycles. The summed E-state index contributed by atoms with van der Waals surface area (Å²) in [6.45, 7) is 6.20. The van der Waals surface area contributed by atoms with Gasteiger partial charge in [-0.15, -0.1) is 0 Å². The molecule has 0 radical (unpaired) electrons. The van der Waals surface area contributed by atoms with Crippen LogP contribution in [0.4, 0.5) is 5.82 Å². The van der Waals surface area contributed by atoms with Gasteiger partial charge in [0.05, 0.1) is 17.7 Å². The van der Waals surface area contributed by atoms with E-state index in [1.165, 1.54) is 31.4 Å². The predicted molar refractivity (Wildman–Crippen MR) is 142 cm³/mol. The Balaban J connectivity index is 0.942. The van der Waals surface area contributed by atoms with Gasteiger partial charge in [-0.25, -0.2) is 4.98 Å². The number of rotatable bonds is 6. The van der Waals surface area contributed by atoms with Crippen LogP contribution in [0.25, 0.3) is 10.9 Å². The molecule has 1 N–H and O–H groups in total. The number of nitrogens with zero attached hydrogens (tertiary/aromatic N) is 4. The number of nitrogens with one attached hydrogen (secondary N) is 1. The van der Waals surface area contributed by atoms with Crippen molar-refractivity contribution in [2.45, 2.75) is 44.6 Å². The molecule has 0 atom stereocenters. The Hall–Kier alpha value is -3.19. The van der Waals surface area contributed by atoms with Crippen molar-refractivity contribution in [3.8, 4) is 5.75 Å². The summed E-state index contributed by atoms with van der Waals surface area (Å²) in [6.07, 6.45) is 10.4. The van der Waals surface area contributed by atoms with Crippen molar-refractivity contribution in [3.63, 3.8) is 0 Å². The molecule has 1 saturated heterocycles. The molecule has 7 nitrogen and oxygen atoms in total. The zero-order chi connectivity index (χ0) is 24.3. The van der Waals surface area contributed by atoms with Crippen molar-refractivity contribution in [3.05, 3.63) is 59.9 Å². The summed E-state index contributed by atoms with van der Waals surface area (Å²) in [5, 5.41) is 4.22. The van der Waals surface area contributed by atoms with Gasteiger partial charge in [0, 0.05) is 62.0 Å². The molecule has 2 fully saturated rings. The number of piperazine rings is 1. The lowest BCUT2D eigenvalue weighted by Crippen LogP contribution is -2.47. The number of carbonyl (C=O) groups excluding carboxylic acids is 1. The normalized spacial score (nSPS) is 22.3. The number of carbonyl (C=O) groups is 1. The van der Waals surface area contributed by atoms with Crippen LogP contribution in [0.2, 0.25) is 0 Å². The van der Waals surface area contributed by atoms with E-state index in [0.717, 1.165) is 86.0 Å². The van der Waals surface area contributed by atoms with E-state index in [1.54, 1.807) is 6.20 Å². The molecule has 3 aliphatic rings. The molecule has 1 aromatic carbocycles. The third-order valence-corrected chi connectivity index (χ3v) is 8.20. The van der Waals surface area contributed by atoms with Crippen LogP contribution < -0.4 is 15.0 Å². The van der Waals surface area contributed by atoms with Crippen LogP contribution in [0.15, 0.2) is 48.8 Å². The first kappa shape index (κ1) is 23.2. The highest BCUT2D eigenvalue weighted by molar-refractivity contribution is 6.06. The molecule has 1 saturated carbocycles. The average Bonchev–Trinajstić information content (AvgIpc) is 3.42. The number of aromatic nitrogens is 2. The van der Waals surface area contributed by atoms with Gasteiger partial charge in [0.1, 0.15) is 11.6 Å². The Morgan fingerprint density at radius 3 is 2.64 bits per heavy atom. The van der Waals surface area contributed by atoms with E-state index in [9.17, 15) is 4.79 Å². The van der Waals surface area contributed by atoms with Gasteiger partial charge in [-0.3, -0.25) is 14.7 Å². The zero-order valence-electron chi connectivity index (χ0n) is 20.9. The highest BCUT2D eigenvalue weighted by Crippen LogP contribution is 2.33. The van der Waals surface area contributed by atoms with Gasteiger partial charge in [0.2, 0.25) is 0 Å². The van der Waals surface area contributed by atoms with Crippen LogP contribution in [-0.4, -0.2) is 66.1 Å². The number of anilines is 1. The Morgan fingerprint density at radius 1 is 0.972 bits per heavy atom. The first-order valence-corrected chi connectivity index (χ1v) is 13.5. The summed E-state index contributed by atoms with van der Waals surface area (Å²) < 4.78 is 5.72. The Kier molecular flexibility index (Phi) is 6.73. The second-order valence-corrected chi connectivity index (χ2v) is 10.4. The molecule has 6 rings (SSSR count). The third-order valence-electron chi connectivity index (χ3n) is 8.20. The Labute approximate surface area is 212 Å². The summed E-state index contributed by atoms with van der Waals surface area (Å²) in [5.41, 5.74) is 2.88. The number of hydrogen-bond acceptors (Lipinski definition) is 6. The van der Waals surface area contributed by atoms with Gasteiger partial charge in [-0.2, -0.15) is 0 Å². The Bertz CT molecular complexity index is 1210. The molecule has 7 heteroatoms. The van der Waals surface area contributed by atoms with Crippen molar-refractivity contribution in [1.29, 1.82) is 0 Å². The van der Waals surface area contributed by atoms with Crippen LogP contribution >= 0.6 is 0 Å². The smallest absolute Gasteiger partial charge is 0.252 e. The third kappa shape index (κ3) is 4.89. The van der Waals surface area contributed by atoms with Gasteiger partial charge < -0.3 is 15.0 Å². The number of fused-ring (bicyclic) bond motifs is 2. The first-order chi connectivity index (χ1) is 17.7. The molecule has 0 spiro atoms. The summed E-state index contributed by atoms with van der Waals surface area (Å²) in [4.78, 5) is 27.1. The lowest BCUT2D eigenvalue weighted by molar-refractivity contribution is 0.0921. The number of amides is 1. The summed E-state index contributed by atoms with van der Waals surface area (Å²) in [6, 6.07) is 11.9. The van der Waals surface area contributed by atoms with E-state index in [4.69, 9.17) is 4.74 Å². The molecule has 188 valence electrons. The van der Waals surface area contributed by atoms with Crippen LogP contribution in [0.1, 0.15) is 48.0 Å². The summed E-state index contributed by atoms with van der Waals surface area (Å²) >= 11 is 0. The van der Waals surface area contributed by atoms with Gasteiger partial charge >= 0.3 is 0 Å².